The fraction of sp³-hybridized carbons (Fsp3) is 0.200. The van der Waals surface area contributed by atoms with Crippen LogP contribution in [-0.4, -0.2) is 25.1 Å². The summed E-state index contributed by atoms with van der Waals surface area (Å²) < 4.78 is 11.5. The fourth-order valence-electron chi connectivity index (χ4n) is 2.43. The first-order chi connectivity index (χ1) is 13.6. The number of amides is 1. The maximum Gasteiger partial charge on any atom is 0.230 e. The molecule has 1 aromatic heterocycles. The molecule has 0 atom stereocenters. The molecule has 5 nitrogen and oxygen atoms in total. The number of carbonyl (C=O) groups excluding carboxylic acids is 1. The lowest BCUT2D eigenvalue weighted by molar-refractivity contribution is -0.115. The molecule has 0 spiro atoms. The lowest BCUT2D eigenvalue weighted by atomic mass is 10.2. The zero-order valence-corrected chi connectivity index (χ0v) is 17.8. The number of benzene rings is 2. The van der Waals surface area contributed by atoms with Crippen molar-refractivity contribution in [2.24, 2.45) is 0 Å². The van der Waals surface area contributed by atoms with Crippen molar-refractivity contribution in [2.75, 3.05) is 19.5 Å². The zero-order valence-electron chi connectivity index (χ0n) is 15.4. The average Bonchev–Trinajstić information content (AvgIpc) is 3.15. The largest absolute Gasteiger partial charge is 0.497 e. The first kappa shape index (κ1) is 20.5. The molecule has 0 unspecified atom stereocenters. The third-order valence-electron chi connectivity index (χ3n) is 3.77. The molecule has 28 heavy (non-hydrogen) atoms. The highest BCUT2D eigenvalue weighted by Crippen LogP contribution is 2.30. The SMILES string of the molecule is COc1cc(CSc2nc(CC(=O)Nc3ccc(Cl)cc3)cs2)cc(OC)c1. The normalized spacial score (nSPS) is 10.5. The molecule has 0 radical (unpaired) electrons. The number of nitrogens with zero attached hydrogens (tertiary/aromatic N) is 1. The van der Waals surface area contributed by atoms with Crippen LogP contribution >= 0.6 is 34.7 Å². The van der Waals surface area contributed by atoms with Crippen LogP contribution in [0.3, 0.4) is 0 Å². The zero-order chi connectivity index (χ0) is 19.9. The van der Waals surface area contributed by atoms with Gasteiger partial charge in [0.2, 0.25) is 5.91 Å². The van der Waals surface area contributed by atoms with E-state index in [-0.39, 0.29) is 12.3 Å². The van der Waals surface area contributed by atoms with E-state index in [9.17, 15) is 4.79 Å². The first-order valence-corrected chi connectivity index (χ1v) is 10.6. The summed E-state index contributed by atoms with van der Waals surface area (Å²) in [7, 11) is 3.27. The number of thioether (sulfide) groups is 1. The van der Waals surface area contributed by atoms with Crippen LogP contribution in [0.1, 0.15) is 11.3 Å². The molecular weight excluding hydrogens is 416 g/mol. The van der Waals surface area contributed by atoms with Gasteiger partial charge in [0.1, 0.15) is 15.8 Å². The van der Waals surface area contributed by atoms with Gasteiger partial charge in [-0.15, -0.1) is 11.3 Å². The van der Waals surface area contributed by atoms with Crippen molar-refractivity contribution in [3.63, 3.8) is 0 Å². The molecule has 8 heteroatoms. The number of methoxy groups -OCH3 is 2. The smallest absolute Gasteiger partial charge is 0.230 e. The van der Waals surface area contributed by atoms with Crippen LogP contribution in [0.15, 0.2) is 52.2 Å². The van der Waals surface area contributed by atoms with E-state index in [4.69, 9.17) is 21.1 Å². The monoisotopic (exact) mass is 434 g/mol. The molecule has 0 saturated carbocycles. The van der Waals surface area contributed by atoms with E-state index in [1.54, 1.807) is 50.2 Å². The van der Waals surface area contributed by atoms with Gasteiger partial charge in [0.25, 0.3) is 0 Å². The fourth-order valence-corrected chi connectivity index (χ4v) is 4.33. The molecule has 0 aliphatic heterocycles. The van der Waals surface area contributed by atoms with Crippen LogP contribution < -0.4 is 14.8 Å². The van der Waals surface area contributed by atoms with Crippen molar-refractivity contribution in [1.82, 2.24) is 4.98 Å². The Hall–Kier alpha value is -2.22. The molecular formula is C20H19ClN2O3S2. The number of nitrogens with one attached hydrogen (secondary N) is 1. The van der Waals surface area contributed by atoms with Crippen LogP contribution in [0.5, 0.6) is 11.5 Å². The summed E-state index contributed by atoms with van der Waals surface area (Å²) in [4.78, 5) is 16.7. The molecule has 0 bridgehead atoms. The van der Waals surface area contributed by atoms with E-state index in [1.165, 1.54) is 11.3 Å². The van der Waals surface area contributed by atoms with Gasteiger partial charge in [-0.3, -0.25) is 4.79 Å². The second-order valence-electron chi connectivity index (χ2n) is 5.85. The number of hydrogen-bond acceptors (Lipinski definition) is 6. The Morgan fingerprint density at radius 1 is 1.14 bits per heavy atom. The molecule has 1 N–H and O–H groups in total. The maximum absolute atomic E-state index is 12.2. The summed E-state index contributed by atoms with van der Waals surface area (Å²) in [6.45, 7) is 0. The predicted molar refractivity (Wildman–Crippen MR) is 115 cm³/mol. The van der Waals surface area contributed by atoms with Crippen molar-refractivity contribution in [1.29, 1.82) is 0 Å². The quantitative estimate of drug-likeness (QED) is 0.488. The number of ether oxygens (including phenoxy) is 2. The van der Waals surface area contributed by atoms with Gasteiger partial charge in [0, 0.05) is 27.9 Å². The predicted octanol–water partition coefficient (Wildman–Crippen LogP) is 5.29. The van der Waals surface area contributed by atoms with Crippen molar-refractivity contribution in [3.8, 4) is 11.5 Å². The summed E-state index contributed by atoms with van der Waals surface area (Å²) in [6, 6.07) is 12.8. The highest BCUT2D eigenvalue weighted by Gasteiger charge is 2.10. The van der Waals surface area contributed by atoms with Crippen LogP contribution in [-0.2, 0) is 17.0 Å². The van der Waals surface area contributed by atoms with E-state index in [1.807, 2.05) is 23.6 Å². The van der Waals surface area contributed by atoms with Crippen molar-refractivity contribution in [3.05, 3.63) is 64.1 Å². The van der Waals surface area contributed by atoms with Crippen molar-refractivity contribution < 1.29 is 14.3 Å². The van der Waals surface area contributed by atoms with Gasteiger partial charge >= 0.3 is 0 Å². The minimum atomic E-state index is -0.110. The third-order valence-corrected chi connectivity index (χ3v) is 6.17. The van der Waals surface area contributed by atoms with Gasteiger partial charge in [-0.2, -0.15) is 0 Å². The number of anilines is 1. The van der Waals surface area contributed by atoms with Gasteiger partial charge in [0.05, 0.1) is 26.3 Å². The lowest BCUT2D eigenvalue weighted by Crippen LogP contribution is -2.14. The van der Waals surface area contributed by atoms with Crippen LogP contribution in [0.25, 0.3) is 0 Å². The number of carbonyl (C=O) groups is 1. The van der Waals surface area contributed by atoms with E-state index in [0.29, 0.717) is 10.7 Å². The number of aromatic nitrogens is 1. The Labute approximate surface area is 177 Å². The van der Waals surface area contributed by atoms with E-state index in [2.05, 4.69) is 10.3 Å². The standard InChI is InChI=1S/C20H19ClN2O3S2/c1-25-17-7-13(8-18(10-17)26-2)11-27-20-23-16(12-28-20)9-19(24)22-15-5-3-14(21)4-6-15/h3-8,10,12H,9,11H2,1-2H3,(H,22,24). The van der Waals surface area contributed by atoms with Crippen molar-refractivity contribution in [2.45, 2.75) is 16.5 Å². The van der Waals surface area contributed by atoms with E-state index < -0.39 is 0 Å². The number of halogens is 1. The Kier molecular flexibility index (Phi) is 7.19. The summed E-state index contributed by atoms with van der Waals surface area (Å²) in [5, 5.41) is 5.39. The van der Waals surface area contributed by atoms with Gasteiger partial charge in [-0.25, -0.2) is 4.98 Å². The van der Waals surface area contributed by atoms with E-state index >= 15 is 0 Å². The Balaban J connectivity index is 1.55. The second-order valence-corrected chi connectivity index (χ2v) is 8.36. The molecule has 0 aliphatic carbocycles. The minimum Gasteiger partial charge on any atom is -0.497 e. The van der Waals surface area contributed by atoms with Gasteiger partial charge < -0.3 is 14.8 Å². The molecule has 1 amide bonds. The summed E-state index contributed by atoms with van der Waals surface area (Å²) in [6.07, 6.45) is 0.229. The molecule has 0 aliphatic rings. The maximum atomic E-state index is 12.2. The van der Waals surface area contributed by atoms with Crippen LogP contribution in [0.2, 0.25) is 5.02 Å². The van der Waals surface area contributed by atoms with E-state index in [0.717, 1.165) is 32.8 Å². The molecule has 3 aromatic rings. The van der Waals surface area contributed by atoms with Crippen molar-refractivity contribution >= 4 is 46.3 Å². The molecule has 2 aromatic carbocycles. The second kappa shape index (κ2) is 9.82. The summed E-state index contributed by atoms with van der Waals surface area (Å²) in [5.74, 6) is 2.14. The molecule has 0 fully saturated rings. The third kappa shape index (κ3) is 5.89. The summed E-state index contributed by atoms with van der Waals surface area (Å²) >= 11 is 9.00. The number of hydrogen-bond donors (Lipinski definition) is 1. The molecule has 1 heterocycles. The van der Waals surface area contributed by atoms with Crippen LogP contribution in [0, 0.1) is 0 Å². The average molecular weight is 435 g/mol. The topological polar surface area (TPSA) is 60.5 Å². The Bertz CT molecular complexity index is 923. The highest BCUT2D eigenvalue weighted by atomic mass is 35.5. The van der Waals surface area contributed by atoms with Gasteiger partial charge in [-0.1, -0.05) is 23.4 Å². The Morgan fingerprint density at radius 2 is 1.82 bits per heavy atom. The molecule has 3 rings (SSSR count). The minimum absolute atomic E-state index is 0.110. The van der Waals surface area contributed by atoms with Gasteiger partial charge in [0.15, 0.2) is 0 Å². The number of thiazole rings is 1. The summed E-state index contributed by atoms with van der Waals surface area (Å²) in [5.41, 5.74) is 2.55. The Morgan fingerprint density at radius 3 is 2.46 bits per heavy atom. The first-order valence-electron chi connectivity index (χ1n) is 8.40. The van der Waals surface area contributed by atoms with Crippen LogP contribution in [0.4, 0.5) is 5.69 Å². The van der Waals surface area contributed by atoms with Gasteiger partial charge in [-0.05, 0) is 42.0 Å². The molecule has 0 saturated heterocycles. The highest BCUT2D eigenvalue weighted by molar-refractivity contribution is 8.00. The molecule has 146 valence electrons. The lowest BCUT2D eigenvalue weighted by Gasteiger charge is -2.07. The number of rotatable bonds is 8.